The Morgan fingerprint density at radius 3 is 2.38 bits per heavy atom. The van der Waals surface area contributed by atoms with E-state index in [1.54, 1.807) is 38.1 Å². The van der Waals surface area contributed by atoms with Gasteiger partial charge in [0, 0.05) is 6.04 Å². The van der Waals surface area contributed by atoms with Crippen LogP contribution in [0.2, 0.25) is 0 Å². The van der Waals surface area contributed by atoms with Crippen molar-refractivity contribution in [2.45, 2.75) is 31.6 Å². The fourth-order valence-corrected chi connectivity index (χ4v) is 3.64. The molecule has 1 aromatic carbocycles. The van der Waals surface area contributed by atoms with Crippen molar-refractivity contribution >= 4 is 15.9 Å². The Morgan fingerprint density at radius 2 is 1.95 bits per heavy atom. The lowest BCUT2D eigenvalue weighted by Crippen LogP contribution is -2.39. The molecule has 6 nitrogen and oxygen atoms in total. The van der Waals surface area contributed by atoms with Crippen molar-refractivity contribution in [3.05, 3.63) is 35.4 Å². The summed E-state index contributed by atoms with van der Waals surface area (Å²) in [5.74, 6) is -0.253. The molecule has 21 heavy (non-hydrogen) atoms. The molecule has 0 heterocycles. The normalized spacial score (nSPS) is 14.0. The van der Waals surface area contributed by atoms with Crippen LogP contribution in [0.15, 0.2) is 24.3 Å². The topological polar surface area (TPSA) is 107 Å². The fraction of sp³-hybridized carbons (Fsp3) is 0.429. The molecule has 2 N–H and O–H groups in total. The number of nitriles is 1. The SMILES string of the molecule is CC[C@@H](CS(=O)(=O)[C@H](C)c1ccc(C#N)cc1)NC(=O)O. The largest absolute Gasteiger partial charge is 0.465 e. The summed E-state index contributed by atoms with van der Waals surface area (Å²) in [7, 11) is -3.50. The van der Waals surface area contributed by atoms with Gasteiger partial charge in [0.05, 0.1) is 22.6 Å². The molecule has 0 aromatic heterocycles. The number of benzene rings is 1. The third-order valence-electron chi connectivity index (χ3n) is 3.30. The molecule has 0 saturated heterocycles. The Labute approximate surface area is 124 Å². The van der Waals surface area contributed by atoms with Gasteiger partial charge in [-0.3, -0.25) is 0 Å². The van der Waals surface area contributed by atoms with Gasteiger partial charge in [-0.05, 0) is 31.0 Å². The summed E-state index contributed by atoms with van der Waals surface area (Å²) in [6.07, 6.45) is -0.839. The molecule has 0 bridgehead atoms. The highest BCUT2D eigenvalue weighted by Crippen LogP contribution is 2.23. The lowest BCUT2D eigenvalue weighted by molar-refractivity contribution is 0.190. The summed E-state index contributed by atoms with van der Waals surface area (Å²) in [5.41, 5.74) is 1.04. The van der Waals surface area contributed by atoms with Crippen LogP contribution in [0.5, 0.6) is 0 Å². The van der Waals surface area contributed by atoms with Gasteiger partial charge >= 0.3 is 6.09 Å². The zero-order valence-corrected chi connectivity index (χ0v) is 12.7. The predicted octanol–water partition coefficient (Wildman–Crippen LogP) is 2.08. The molecule has 114 valence electrons. The third-order valence-corrected chi connectivity index (χ3v) is 5.52. The minimum atomic E-state index is -3.50. The molecular formula is C14H18N2O4S. The first kappa shape index (κ1) is 17.0. The number of amides is 1. The van der Waals surface area contributed by atoms with Gasteiger partial charge < -0.3 is 10.4 Å². The summed E-state index contributed by atoms with van der Waals surface area (Å²) >= 11 is 0. The molecule has 1 rings (SSSR count). The molecule has 0 fully saturated rings. The van der Waals surface area contributed by atoms with E-state index in [9.17, 15) is 13.2 Å². The van der Waals surface area contributed by atoms with Gasteiger partial charge in [0.25, 0.3) is 0 Å². The van der Waals surface area contributed by atoms with Crippen LogP contribution in [0.4, 0.5) is 4.79 Å². The molecule has 0 aliphatic rings. The molecule has 0 radical (unpaired) electrons. The number of hydrogen-bond donors (Lipinski definition) is 2. The van der Waals surface area contributed by atoms with Crippen LogP contribution in [0.1, 0.15) is 36.6 Å². The van der Waals surface area contributed by atoms with Crippen LogP contribution in [0.25, 0.3) is 0 Å². The predicted molar refractivity (Wildman–Crippen MR) is 78.6 cm³/mol. The maximum absolute atomic E-state index is 12.3. The second kappa shape index (κ2) is 7.09. The molecule has 2 atom stereocenters. The fourth-order valence-electron chi connectivity index (χ4n) is 1.90. The molecule has 7 heteroatoms. The molecule has 0 aliphatic heterocycles. The highest BCUT2D eigenvalue weighted by molar-refractivity contribution is 7.91. The van der Waals surface area contributed by atoms with E-state index in [1.807, 2.05) is 6.07 Å². The first-order valence-electron chi connectivity index (χ1n) is 6.51. The van der Waals surface area contributed by atoms with Crippen molar-refractivity contribution in [3.63, 3.8) is 0 Å². The third kappa shape index (κ3) is 4.76. The summed E-state index contributed by atoms with van der Waals surface area (Å²) in [6.45, 7) is 3.28. The van der Waals surface area contributed by atoms with Crippen LogP contribution >= 0.6 is 0 Å². The van der Waals surface area contributed by atoms with E-state index in [0.29, 0.717) is 17.5 Å². The molecule has 0 unspecified atom stereocenters. The Bertz CT molecular complexity index is 632. The number of nitrogens with one attached hydrogen (secondary N) is 1. The van der Waals surface area contributed by atoms with Gasteiger partial charge in [0.2, 0.25) is 0 Å². The number of carboxylic acid groups (broad SMARTS) is 1. The monoisotopic (exact) mass is 310 g/mol. The van der Waals surface area contributed by atoms with Crippen LogP contribution in [-0.4, -0.2) is 31.4 Å². The molecule has 0 saturated carbocycles. The zero-order valence-electron chi connectivity index (χ0n) is 11.9. The zero-order chi connectivity index (χ0) is 16.0. The summed E-state index contributed by atoms with van der Waals surface area (Å²) < 4.78 is 24.7. The number of rotatable bonds is 6. The standard InChI is InChI=1S/C14H18N2O4S/c1-3-13(16-14(17)18)9-21(19,20)10(2)12-6-4-11(8-15)5-7-12/h4-7,10,13,16H,3,9H2,1-2H3,(H,17,18)/t10-,13+/m1/s1. The van der Waals surface area contributed by atoms with Gasteiger partial charge in [0.15, 0.2) is 9.84 Å². The first-order valence-corrected chi connectivity index (χ1v) is 8.22. The van der Waals surface area contributed by atoms with Gasteiger partial charge in [-0.2, -0.15) is 5.26 Å². The minimum absolute atomic E-state index is 0.253. The Morgan fingerprint density at radius 1 is 1.38 bits per heavy atom. The highest BCUT2D eigenvalue weighted by atomic mass is 32.2. The van der Waals surface area contributed by atoms with Gasteiger partial charge in [0.1, 0.15) is 0 Å². The van der Waals surface area contributed by atoms with E-state index in [1.165, 1.54) is 0 Å². The maximum Gasteiger partial charge on any atom is 0.404 e. The van der Waals surface area contributed by atoms with Crippen molar-refractivity contribution < 1.29 is 18.3 Å². The van der Waals surface area contributed by atoms with E-state index in [-0.39, 0.29) is 5.75 Å². The first-order chi connectivity index (χ1) is 9.80. The van der Waals surface area contributed by atoms with E-state index in [4.69, 9.17) is 10.4 Å². The molecule has 1 aromatic rings. The average Bonchev–Trinajstić information content (AvgIpc) is 2.45. The van der Waals surface area contributed by atoms with Crippen molar-refractivity contribution in [1.29, 1.82) is 5.26 Å². The number of nitrogens with zero attached hydrogens (tertiary/aromatic N) is 1. The second-order valence-corrected chi connectivity index (χ2v) is 7.13. The molecule has 0 spiro atoms. The lowest BCUT2D eigenvalue weighted by Gasteiger charge is -2.19. The number of sulfone groups is 1. The van der Waals surface area contributed by atoms with Gasteiger partial charge in [-0.25, -0.2) is 13.2 Å². The van der Waals surface area contributed by atoms with Crippen molar-refractivity contribution in [2.75, 3.05) is 5.75 Å². The Hall–Kier alpha value is -2.07. The molecule has 0 aliphatic carbocycles. The van der Waals surface area contributed by atoms with Crippen molar-refractivity contribution in [3.8, 4) is 6.07 Å². The van der Waals surface area contributed by atoms with E-state index in [2.05, 4.69) is 5.32 Å². The average molecular weight is 310 g/mol. The smallest absolute Gasteiger partial charge is 0.404 e. The highest BCUT2D eigenvalue weighted by Gasteiger charge is 2.26. The van der Waals surface area contributed by atoms with E-state index < -0.39 is 27.2 Å². The van der Waals surface area contributed by atoms with Gasteiger partial charge in [-0.15, -0.1) is 0 Å². The molecular weight excluding hydrogens is 292 g/mol. The Kier molecular flexibility index (Phi) is 5.73. The van der Waals surface area contributed by atoms with Crippen LogP contribution < -0.4 is 5.32 Å². The van der Waals surface area contributed by atoms with E-state index >= 15 is 0 Å². The van der Waals surface area contributed by atoms with Crippen LogP contribution in [0.3, 0.4) is 0 Å². The van der Waals surface area contributed by atoms with Crippen molar-refractivity contribution in [2.24, 2.45) is 0 Å². The maximum atomic E-state index is 12.3. The number of hydrogen-bond acceptors (Lipinski definition) is 4. The van der Waals surface area contributed by atoms with Crippen molar-refractivity contribution in [1.82, 2.24) is 5.32 Å². The molecule has 1 amide bonds. The number of carbonyl (C=O) groups is 1. The lowest BCUT2D eigenvalue weighted by atomic mass is 10.1. The summed E-state index contributed by atoms with van der Waals surface area (Å²) in [4.78, 5) is 10.6. The van der Waals surface area contributed by atoms with Crippen LogP contribution in [-0.2, 0) is 9.84 Å². The summed E-state index contributed by atoms with van der Waals surface area (Å²) in [6, 6.07) is 7.67. The Balaban J connectivity index is 2.89. The summed E-state index contributed by atoms with van der Waals surface area (Å²) in [5, 5.41) is 18.9. The van der Waals surface area contributed by atoms with Gasteiger partial charge in [-0.1, -0.05) is 19.1 Å². The van der Waals surface area contributed by atoms with Crippen LogP contribution in [0, 0.1) is 11.3 Å². The minimum Gasteiger partial charge on any atom is -0.465 e. The second-order valence-electron chi connectivity index (χ2n) is 4.76. The quantitative estimate of drug-likeness (QED) is 0.836. The van der Waals surface area contributed by atoms with E-state index in [0.717, 1.165) is 0 Å².